The Morgan fingerprint density at radius 1 is 0.970 bits per heavy atom. The highest BCUT2D eigenvalue weighted by Gasteiger charge is 2.11. The molecule has 0 aliphatic carbocycles. The molecule has 3 aromatic carbocycles. The summed E-state index contributed by atoms with van der Waals surface area (Å²) in [6.45, 7) is 3.83. The summed E-state index contributed by atoms with van der Waals surface area (Å²) in [6, 6.07) is 22.3. The van der Waals surface area contributed by atoms with Crippen LogP contribution in [0.3, 0.4) is 0 Å². The van der Waals surface area contributed by atoms with Gasteiger partial charge in [0.2, 0.25) is 0 Å². The predicted octanol–water partition coefficient (Wildman–Crippen LogP) is 5.95. The Labute approximate surface area is 196 Å². The van der Waals surface area contributed by atoms with Gasteiger partial charge < -0.3 is 14.0 Å². The Kier molecular flexibility index (Phi) is 6.91. The molecule has 4 aromatic rings. The largest absolute Gasteiger partial charge is 0.486 e. The van der Waals surface area contributed by atoms with Gasteiger partial charge in [0.25, 0.3) is 0 Å². The van der Waals surface area contributed by atoms with Crippen LogP contribution in [0, 0.1) is 0 Å². The number of hydrogen-bond donors (Lipinski definition) is 0. The number of esters is 1. The van der Waals surface area contributed by atoms with Gasteiger partial charge in [-0.25, -0.2) is 4.79 Å². The summed E-state index contributed by atoms with van der Waals surface area (Å²) in [4.78, 5) is 24.5. The minimum atomic E-state index is -0.407. The number of aromatic nitrogens is 1. The second-order valence-electron chi connectivity index (χ2n) is 7.47. The van der Waals surface area contributed by atoms with Crippen molar-refractivity contribution in [3.8, 4) is 16.9 Å². The second-order valence-corrected chi connectivity index (χ2v) is 7.90. The first kappa shape index (κ1) is 22.4. The lowest BCUT2D eigenvalue weighted by atomic mass is 10.1. The Morgan fingerprint density at radius 2 is 1.79 bits per heavy atom. The van der Waals surface area contributed by atoms with Crippen molar-refractivity contribution in [2.24, 2.45) is 0 Å². The molecule has 0 saturated heterocycles. The van der Waals surface area contributed by atoms with Gasteiger partial charge in [0.05, 0.1) is 12.1 Å². The zero-order valence-electron chi connectivity index (χ0n) is 17.9. The fourth-order valence-corrected chi connectivity index (χ4v) is 3.68. The molecule has 0 bridgehead atoms. The summed E-state index contributed by atoms with van der Waals surface area (Å²) in [7, 11) is 0. The number of benzene rings is 3. The van der Waals surface area contributed by atoms with E-state index in [-0.39, 0.29) is 25.5 Å². The van der Waals surface area contributed by atoms with Crippen LogP contribution in [0.2, 0.25) is 5.02 Å². The molecular formula is C27H22ClNO4. The highest BCUT2D eigenvalue weighted by atomic mass is 35.5. The number of fused-ring (bicyclic) bond motifs is 1. The van der Waals surface area contributed by atoms with Gasteiger partial charge >= 0.3 is 5.97 Å². The number of ketones is 1. The van der Waals surface area contributed by atoms with Crippen molar-refractivity contribution >= 4 is 34.3 Å². The molecule has 1 aromatic heterocycles. The fourth-order valence-electron chi connectivity index (χ4n) is 3.49. The van der Waals surface area contributed by atoms with E-state index in [0.29, 0.717) is 16.3 Å². The van der Waals surface area contributed by atoms with Crippen LogP contribution in [0.5, 0.6) is 5.75 Å². The van der Waals surface area contributed by atoms with Crippen molar-refractivity contribution in [1.82, 2.24) is 4.57 Å². The highest BCUT2D eigenvalue weighted by molar-refractivity contribution is 6.30. The van der Waals surface area contributed by atoms with Crippen LogP contribution in [0.4, 0.5) is 0 Å². The standard InChI is InChI=1S/C27H22ClNO4/c1-2-14-32-27(31)22-8-11-26-21(15-22)12-13-29(26)17-24(30)18-33-25-9-6-19(7-10-25)20-4-3-5-23(28)16-20/h2-13,15-16H,1,14,17-18H2. The number of ether oxygens (including phenoxy) is 2. The molecule has 0 spiro atoms. The molecule has 0 saturated carbocycles. The van der Waals surface area contributed by atoms with Crippen LogP contribution in [-0.4, -0.2) is 29.5 Å². The van der Waals surface area contributed by atoms with E-state index >= 15 is 0 Å². The van der Waals surface area contributed by atoms with Crippen molar-refractivity contribution in [1.29, 1.82) is 0 Å². The second kappa shape index (κ2) is 10.2. The van der Waals surface area contributed by atoms with E-state index in [1.54, 1.807) is 12.1 Å². The average Bonchev–Trinajstić information content (AvgIpc) is 3.23. The molecule has 1 heterocycles. The van der Waals surface area contributed by atoms with Gasteiger partial charge in [0, 0.05) is 22.1 Å². The molecule has 33 heavy (non-hydrogen) atoms. The van der Waals surface area contributed by atoms with Crippen LogP contribution in [0.1, 0.15) is 10.4 Å². The first-order chi connectivity index (χ1) is 16.0. The first-order valence-corrected chi connectivity index (χ1v) is 10.8. The molecule has 0 radical (unpaired) electrons. The Hall–Kier alpha value is -3.83. The lowest BCUT2D eigenvalue weighted by molar-refractivity contribution is -0.121. The minimum absolute atomic E-state index is 0.0395. The molecule has 0 amide bonds. The maximum atomic E-state index is 12.5. The molecule has 166 valence electrons. The maximum absolute atomic E-state index is 12.5. The molecule has 4 rings (SSSR count). The monoisotopic (exact) mass is 459 g/mol. The summed E-state index contributed by atoms with van der Waals surface area (Å²) < 4.78 is 12.6. The molecule has 0 atom stereocenters. The number of halogens is 1. The Bertz CT molecular complexity index is 1310. The van der Waals surface area contributed by atoms with E-state index in [1.807, 2.05) is 71.4 Å². The quantitative estimate of drug-likeness (QED) is 0.229. The van der Waals surface area contributed by atoms with Gasteiger partial charge in [0.15, 0.2) is 5.78 Å². The number of rotatable bonds is 9. The normalized spacial score (nSPS) is 10.7. The van der Waals surface area contributed by atoms with E-state index < -0.39 is 5.97 Å². The lowest BCUT2D eigenvalue weighted by Crippen LogP contribution is -2.17. The van der Waals surface area contributed by atoms with Gasteiger partial charge in [-0.2, -0.15) is 0 Å². The van der Waals surface area contributed by atoms with Gasteiger partial charge in [0.1, 0.15) is 19.0 Å². The van der Waals surface area contributed by atoms with Crippen LogP contribution in [0.15, 0.2) is 91.6 Å². The minimum Gasteiger partial charge on any atom is -0.486 e. The van der Waals surface area contributed by atoms with E-state index in [4.69, 9.17) is 21.1 Å². The van der Waals surface area contributed by atoms with E-state index in [2.05, 4.69) is 6.58 Å². The number of hydrogen-bond acceptors (Lipinski definition) is 4. The first-order valence-electron chi connectivity index (χ1n) is 10.4. The summed E-state index contributed by atoms with van der Waals surface area (Å²) in [6.07, 6.45) is 3.34. The molecule has 0 fully saturated rings. The third-order valence-corrected chi connectivity index (χ3v) is 5.33. The van der Waals surface area contributed by atoms with Crippen molar-refractivity contribution in [3.63, 3.8) is 0 Å². The highest BCUT2D eigenvalue weighted by Crippen LogP contribution is 2.25. The van der Waals surface area contributed by atoms with E-state index in [1.165, 1.54) is 6.08 Å². The number of carbonyl (C=O) groups excluding carboxylic acids is 2. The predicted molar refractivity (Wildman–Crippen MR) is 130 cm³/mol. The molecule has 0 N–H and O–H groups in total. The van der Waals surface area contributed by atoms with Gasteiger partial charge in [-0.1, -0.05) is 48.5 Å². The summed E-state index contributed by atoms with van der Waals surface area (Å²) in [5.74, 6) is 0.144. The third kappa shape index (κ3) is 5.51. The van der Waals surface area contributed by atoms with Crippen LogP contribution < -0.4 is 4.74 Å². The molecule has 0 aliphatic rings. The Morgan fingerprint density at radius 3 is 2.55 bits per heavy atom. The summed E-state index contributed by atoms with van der Waals surface area (Å²) >= 11 is 6.06. The average molecular weight is 460 g/mol. The van der Waals surface area contributed by atoms with Crippen LogP contribution >= 0.6 is 11.6 Å². The Balaban J connectivity index is 1.36. The van der Waals surface area contributed by atoms with Gasteiger partial charge in [-0.15, -0.1) is 0 Å². The number of nitrogens with zero attached hydrogens (tertiary/aromatic N) is 1. The van der Waals surface area contributed by atoms with Gasteiger partial charge in [-0.05, 0) is 59.7 Å². The maximum Gasteiger partial charge on any atom is 0.338 e. The smallest absolute Gasteiger partial charge is 0.338 e. The van der Waals surface area contributed by atoms with Crippen molar-refractivity contribution in [3.05, 3.63) is 102 Å². The molecular weight excluding hydrogens is 438 g/mol. The summed E-state index contributed by atoms with van der Waals surface area (Å²) in [5, 5.41) is 1.54. The zero-order valence-corrected chi connectivity index (χ0v) is 18.6. The molecule has 6 heteroatoms. The van der Waals surface area contributed by atoms with Crippen molar-refractivity contribution < 1.29 is 19.1 Å². The zero-order chi connectivity index (χ0) is 23.2. The van der Waals surface area contributed by atoms with Crippen LogP contribution in [-0.2, 0) is 16.1 Å². The number of carbonyl (C=O) groups is 2. The fraction of sp³-hybridized carbons (Fsp3) is 0.111. The van der Waals surface area contributed by atoms with E-state index in [0.717, 1.165) is 22.0 Å². The molecule has 5 nitrogen and oxygen atoms in total. The van der Waals surface area contributed by atoms with Crippen LogP contribution in [0.25, 0.3) is 22.0 Å². The number of Topliss-reactive ketones (excluding diaryl/α,β-unsaturated/α-hetero) is 1. The lowest BCUT2D eigenvalue weighted by Gasteiger charge is -2.09. The topological polar surface area (TPSA) is 57.5 Å². The molecule has 0 aliphatic heterocycles. The van der Waals surface area contributed by atoms with E-state index in [9.17, 15) is 9.59 Å². The van der Waals surface area contributed by atoms with Crippen molar-refractivity contribution in [2.75, 3.05) is 13.2 Å². The SMILES string of the molecule is C=CCOC(=O)c1ccc2c(ccn2CC(=O)COc2ccc(-c3cccc(Cl)c3)cc2)c1. The molecule has 0 unspecified atom stereocenters. The van der Waals surface area contributed by atoms with Gasteiger partial charge in [-0.3, -0.25) is 4.79 Å². The summed E-state index contributed by atoms with van der Waals surface area (Å²) in [5.41, 5.74) is 3.34. The van der Waals surface area contributed by atoms with Crippen molar-refractivity contribution in [2.45, 2.75) is 6.54 Å². The third-order valence-electron chi connectivity index (χ3n) is 5.10.